The Kier molecular flexibility index (Phi) is 5.10. The average Bonchev–Trinajstić information content (AvgIpc) is 2.21. The van der Waals surface area contributed by atoms with Crippen LogP contribution in [0.3, 0.4) is 0 Å². The minimum atomic E-state index is -0.112. The van der Waals surface area contributed by atoms with Crippen LogP contribution in [0.5, 0.6) is 0 Å². The molecule has 1 unspecified atom stereocenters. The monoisotopic (exact) mass is 259 g/mol. The van der Waals surface area contributed by atoms with Gasteiger partial charge in [0.2, 0.25) is 0 Å². The summed E-state index contributed by atoms with van der Waals surface area (Å²) in [6.45, 7) is 4.38. The lowest BCUT2D eigenvalue weighted by atomic mass is 10.1. The van der Waals surface area contributed by atoms with Crippen LogP contribution in [0.1, 0.15) is 29.3 Å². The van der Waals surface area contributed by atoms with Crippen LogP contribution in [-0.2, 0) is 0 Å². The van der Waals surface area contributed by atoms with Crippen LogP contribution in [0.2, 0.25) is 5.02 Å². The van der Waals surface area contributed by atoms with Crippen LogP contribution in [0.4, 0.5) is 0 Å². The summed E-state index contributed by atoms with van der Waals surface area (Å²) < 4.78 is 0. The molecule has 1 atom stereocenters. The molecule has 1 rings (SSSR count). The zero-order chi connectivity index (χ0) is 12.1. The number of amides is 1. The lowest BCUT2D eigenvalue weighted by molar-refractivity contribution is 0.0953. The number of hydrogen-bond donors (Lipinski definition) is 1. The third-order valence-corrected chi connectivity index (χ3v) is 2.89. The Balaban J connectivity index is 2.56. The van der Waals surface area contributed by atoms with Crippen molar-refractivity contribution in [3.63, 3.8) is 0 Å². The standard InChI is InChI=1S/C12H15Cl2NO/c1-8-3-4-10(7-11(8)14)12(16)15-6-5-9(2)13/h3-4,7,9H,5-6H2,1-2H3,(H,15,16). The van der Waals surface area contributed by atoms with Crippen molar-refractivity contribution in [1.82, 2.24) is 5.32 Å². The molecule has 2 nitrogen and oxygen atoms in total. The molecule has 0 aliphatic carbocycles. The van der Waals surface area contributed by atoms with Crippen LogP contribution in [-0.4, -0.2) is 17.8 Å². The van der Waals surface area contributed by atoms with Gasteiger partial charge in [0.15, 0.2) is 0 Å². The van der Waals surface area contributed by atoms with E-state index >= 15 is 0 Å². The van der Waals surface area contributed by atoms with Crippen molar-refractivity contribution in [2.24, 2.45) is 0 Å². The molecule has 0 aliphatic rings. The molecule has 1 amide bonds. The second-order valence-electron chi connectivity index (χ2n) is 3.79. The fourth-order valence-corrected chi connectivity index (χ4v) is 1.51. The van der Waals surface area contributed by atoms with Crippen LogP contribution in [0.15, 0.2) is 18.2 Å². The lowest BCUT2D eigenvalue weighted by Crippen LogP contribution is -2.25. The maximum Gasteiger partial charge on any atom is 0.251 e. The molecule has 1 N–H and O–H groups in total. The van der Waals surface area contributed by atoms with E-state index in [1.165, 1.54) is 0 Å². The number of benzene rings is 1. The second kappa shape index (κ2) is 6.12. The van der Waals surface area contributed by atoms with Gasteiger partial charge in [-0.3, -0.25) is 4.79 Å². The average molecular weight is 260 g/mol. The number of alkyl halides is 1. The molecule has 0 aromatic heterocycles. The fourth-order valence-electron chi connectivity index (χ4n) is 1.22. The molecule has 0 fully saturated rings. The van der Waals surface area contributed by atoms with E-state index in [0.29, 0.717) is 17.1 Å². The smallest absolute Gasteiger partial charge is 0.251 e. The highest BCUT2D eigenvalue weighted by atomic mass is 35.5. The van der Waals surface area contributed by atoms with Gasteiger partial charge in [-0.2, -0.15) is 0 Å². The van der Waals surface area contributed by atoms with Crippen molar-refractivity contribution in [2.75, 3.05) is 6.54 Å². The minimum absolute atomic E-state index is 0.0712. The zero-order valence-electron chi connectivity index (χ0n) is 9.39. The summed E-state index contributed by atoms with van der Waals surface area (Å²) in [5.74, 6) is -0.112. The van der Waals surface area contributed by atoms with Crippen molar-refractivity contribution in [3.8, 4) is 0 Å². The van der Waals surface area contributed by atoms with E-state index in [2.05, 4.69) is 5.32 Å². The number of aryl methyl sites for hydroxylation is 1. The first-order valence-electron chi connectivity index (χ1n) is 5.19. The van der Waals surface area contributed by atoms with Crippen LogP contribution < -0.4 is 5.32 Å². The van der Waals surface area contributed by atoms with Gasteiger partial charge in [-0.05, 0) is 38.0 Å². The summed E-state index contributed by atoms with van der Waals surface area (Å²) in [5.41, 5.74) is 1.55. The largest absolute Gasteiger partial charge is 0.352 e. The van der Waals surface area contributed by atoms with E-state index in [1.54, 1.807) is 12.1 Å². The molecule has 0 bridgehead atoms. The highest BCUT2D eigenvalue weighted by Crippen LogP contribution is 2.16. The van der Waals surface area contributed by atoms with Gasteiger partial charge in [-0.15, -0.1) is 11.6 Å². The number of halogens is 2. The zero-order valence-corrected chi connectivity index (χ0v) is 10.9. The Bertz CT molecular complexity index is 377. The molecule has 16 heavy (non-hydrogen) atoms. The molecule has 0 radical (unpaired) electrons. The first-order chi connectivity index (χ1) is 7.50. The van der Waals surface area contributed by atoms with E-state index in [1.807, 2.05) is 19.9 Å². The number of hydrogen-bond acceptors (Lipinski definition) is 1. The topological polar surface area (TPSA) is 29.1 Å². The predicted octanol–water partition coefficient (Wildman–Crippen LogP) is 3.40. The second-order valence-corrected chi connectivity index (χ2v) is 4.94. The van der Waals surface area contributed by atoms with Gasteiger partial charge in [-0.1, -0.05) is 17.7 Å². The molecule has 88 valence electrons. The van der Waals surface area contributed by atoms with Crippen molar-refractivity contribution in [3.05, 3.63) is 34.3 Å². The summed E-state index contributed by atoms with van der Waals surface area (Å²) in [6.07, 6.45) is 0.757. The Morgan fingerprint density at radius 3 is 2.75 bits per heavy atom. The van der Waals surface area contributed by atoms with Gasteiger partial charge in [0.25, 0.3) is 5.91 Å². The first-order valence-corrected chi connectivity index (χ1v) is 6.00. The molecule has 0 spiro atoms. The summed E-state index contributed by atoms with van der Waals surface area (Å²) in [7, 11) is 0. The Hall–Kier alpha value is -0.730. The normalized spacial score (nSPS) is 12.2. The summed E-state index contributed by atoms with van der Waals surface area (Å²) >= 11 is 11.7. The third-order valence-electron chi connectivity index (χ3n) is 2.26. The highest BCUT2D eigenvalue weighted by molar-refractivity contribution is 6.31. The van der Waals surface area contributed by atoms with Gasteiger partial charge in [0.1, 0.15) is 0 Å². The van der Waals surface area contributed by atoms with Crippen molar-refractivity contribution in [2.45, 2.75) is 25.6 Å². The minimum Gasteiger partial charge on any atom is -0.352 e. The Morgan fingerprint density at radius 1 is 1.50 bits per heavy atom. The maximum atomic E-state index is 11.7. The molecular formula is C12H15Cl2NO. The summed E-state index contributed by atoms with van der Waals surface area (Å²) in [4.78, 5) is 11.7. The molecule has 0 heterocycles. The number of rotatable bonds is 4. The molecule has 0 saturated carbocycles. The molecule has 1 aromatic rings. The number of carbonyl (C=O) groups excluding carboxylic acids is 1. The molecule has 0 saturated heterocycles. The van der Waals surface area contributed by atoms with Crippen molar-refractivity contribution < 1.29 is 4.79 Å². The maximum absolute atomic E-state index is 11.7. The fraction of sp³-hybridized carbons (Fsp3) is 0.417. The molecule has 4 heteroatoms. The van der Waals surface area contributed by atoms with E-state index in [-0.39, 0.29) is 11.3 Å². The van der Waals surface area contributed by atoms with Gasteiger partial charge >= 0.3 is 0 Å². The Morgan fingerprint density at radius 2 is 2.19 bits per heavy atom. The Labute approximate surface area is 106 Å². The molecular weight excluding hydrogens is 245 g/mol. The predicted molar refractivity (Wildman–Crippen MR) is 68.5 cm³/mol. The van der Waals surface area contributed by atoms with Gasteiger partial charge in [0, 0.05) is 22.5 Å². The van der Waals surface area contributed by atoms with Crippen LogP contribution in [0, 0.1) is 6.92 Å². The van der Waals surface area contributed by atoms with Crippen LogP contribution in [0.25, 0.3) is 0 Å². The highest BCUT2D eigenvalue weighted by Gasteiger charge is 2.07. The number of nitrogens with one attached hydrogen (secondary N) is 1. The van der Waals surface area contributed by atoms with Crippen LogP contribution >= 0.6 is 23.2 Å². The summed E-state index contributed by atoms with van der Waals surface area (Å²) in [5, 5.41) is 3.48. The third kappa shape index (κ3) is 4.03. The van der Waals surface area contributed by atoms with E-state index in [9.17, 15) is 4.79 Å². The van der Waals surface area contributed by atoms with Gasteiger partial charge < -0.3 is 5.32 Å². The molecule has 0 aliphatic heterocycles. The number of carbonyl (C=O) groups is 1. The van der Waals surface area contributed by atoms with E-state index in [4.69, 9.17) is 23.2 Å². The van der Waals surface area contributed by atoms with Gasteiger partial charge in [-0.25, -0.2) is 0 Å². The summed E-state index contributed by atoms with van der Waals surface area (Å²) in [6, 6.07) is 5.28. The van der Waals surface area contributed by atoms with Gasteiger partial charge in [0.05, 0.1) is 0 Å². The first kappa shape index (κ1) is 13.3. The SMILES string of the molecule is Cc1ccc(C(=O)NCCC(C)Cl)cc1Cl. The van der Waals surface area contributed by atoms with E-state index in [0.717, 1.165) is 12.0 Å². The van der Waals surface area contributed by atoms with E-state index < -0.39 is 0 Å². The quantitative estimate of drug-likeness (QED) is 0.826. The molecule has 1 aromatic carbocycles. The lowest BCUT2D eigenvalue weighted by Gasteiger charge is -2.07. The van der Waals surface area contributed by atoms with Crippen molar-refractivity contribution >= 4 is 29.1 Å². The van der Waals surface area contributed by atoms with Crippen molar-refractivity contribution in [1.29, 1.82) is 0 Å².